The first-order chi connectivity index (χ1) is 8.56. The molecule has 0 radical (unpaired) electrons. The molecular formula is C14H13NO3. The summed E-state index contributed by atoms with van der Waals surface area (Å²) in [5.74, 6) is 0.286. The SMILES string of the molecule is Cc1ccc(N)cc1Oc1ccc(C(=O)O)cc1. The first-order valence-electron chi connectivity index (χ1n) is 5.43. The van der Waals surface area contributed by atoms with Crippen molar-refractivity contribution in [3.63, 3.8) is 0 Å². The van der Waals surface area contributed by atoms with Crippen molar-refractivity contribution in [3.8, 4) is 11.5 Å². The lowest BCUT2D eigenvalue weighted by atomic mass is 10.2. The fourth-order valence-electron chi connectivity index (χ4n) is 1.52. The zero-order chi connectivity index (χ0) is 13.1. The number of carbonyl (C=O) groups is 1. The number of aryl methyl sites for hydroxylation is 1. The van der Waals surface area contributed by atoms with Gasteiger partial charge in [-0.1, -0.05) is 6.07 Å². The number of nitrogen functional groups attached to an aromatic ring is 1. The minimum Gasteiger partial charge on any atom is -0.478 e. The van der Waals surface area contributed by atoms with Crippen molar-refractivity contribution in [2.45, 2.75) is 6.92 Å². The number of anilines is 1. The van der Waals surface area contributed by atoms with Gasteiger partial charge in [0, 0.05) is 11.8 Å². The highest BCUT2D eigenvalue weighted by Gasteiger charge is 2.05. The molecule has 3 N–H and O–H groups in total. The quantitative estimate of drug-likeness (QED) is 0.812. The van der Waals surface area contributed by atoms with E-state index in [1.165, 1.54) is 12.1 Å². The van der Waals surface area contributed by atoms with E-state index in [0.717, 1.165) is 5.56 Å². The van der Waals surface area contributed by atoms with Crippen LogP contribution in [0.2, 0.25) is 0 Å². The van der Waals surface area contributed by atoms with E-state index in [-0.39, 0.29) is 5.56 Å². The van der Waals surface area contributed by atoms with E-state index in [0.29, 0.717) is 17.2 Å². The normalized spacial score (nSPS) is 10.1. The fourth-order valence-corrected chi connectivity index (χ4v) is 1.52. The van der Waals surface area contributed by atoms with Gasteiger partial charge in [-0.2, -0.15) is 0 Å². The van der Waals surface area contributed by atoms with E-state index in [9.17, 15) is 4.79 Å². The maximum Gasteiger partial charge on any atom is 0.335 e. The predicted octanol–water partition coefficient (Wildman–Crippen LogP) is 3.07. The Hall–Kier alpha value is -2.49. The van der Waals surface area contributed by atoms with Crippen LogP contribution in [0.1, 0.15) is 15.9 Å². The van der Waals surface area contributed by atoms with Crippen LogP contribution < -0.4 is 10.5 Å². The topological polar surface area (TPSA) is 72.5 Å². The van der Waals surface area contributed by atoms with Gasteiger partial charge in [0.2, 0.25) is 0 Å². The zero-order valence-electron chi connectivity index (χ0n) is 9.88. The third-order valence-electron chi connectivity index (χ3n) is 2.54. The van der Waals surface area contributed by atoms with Gasteiger partial charge >= 0.3 is 5.97 Å². The van der Waals surface area contributed by atoms with Crippen LogP contribution in [0.15, 0.2) is 42.5 Å². The Balaban J connectivity index is 2.23. The number of rotatable bonds is 3. The molecule has 0 saturated carbocycles. The minimum absolute atomic E-state index is 0.228. The van der Waals surface area contributed by atoms with Crippen molar-refractivity contribution in [1.82, 2.24) is 0 Å². The fraction of sp³-hybridized carbons (Fsp3) is 0.0714. The van der Waals surface area contributed by atoms with Gasteiger partial charge in [0.1, 0.15) is 11.5 Å². The number of hydrogen-bond acceptors (Lipinski definition) is 3. The lowest BCUT2D eigenvalue weighted by Crippen LogP contribution is -1.95. The molecule has 0 aromatic heterocycles. The van der Waals surface area contributed by atoms with Crippen LogP contribution in [0, 0.1) is 6.92 Å². The van der Waals surface area contributed by atoms with Crippen LogP contribution in [-0.2, 0) is 0 Å². The average molecular weight is 243 g/mol. The number of nitrogens with two attached hydrogens (primary N) is 1. The molecule has 18 heavy (non-hydrogen) atoms. The molecule has 4 heteroatoms. The van der Waals surface area contributed by atoms with Crippen LogP contribution in [0.4, 0.5) is 5.69 Å². The van der Waals surface area contributed by atoms with E-state index in [1.54, 1.807) is 24.3 Å². The van der Waals surface area contributed by atoms with Crippen LogP contribution in [-0.4, -0.2) is 11.1 Å². The number of aromatic carboxylic acids is 1. The second-order valence-electron chi connectivity index (χ2n) is 3.96. The summed E-state index contributed by atoms with van der Waals surface area (Å²) in [6.07, 6.45) is 0. The van der Waals surface area contributed by atoms with Crippen molar-refractivity contribution < 1.29 is 14.6 Å². The second-order valence-corrected chi connectivity index (χ2v) is 3.96. The highest BCUT2D eigenvalue weighted by atomic mass is 16.5. The second kappa shape index (κ2) is 4.79. The van der Waals surface area contributed by atoms with Gasteiger partial charge < -0.3 is 15.6 Å². The van der Waals surface area contributed by atoms with Crippen molar-refractivity contribution in [2.75, 3.05) is 5.73 Å². The Bertz CT molecular complexity index is 576. The standard InChI is InChI=1S/C14H13NO3/c1-9-2-5-11(15)8-13(9)18-12-6-3-10(4-7-12)14(16)17/h2-8H,15H2,1H3,(H,16,17). The summed E-state index contributed by atoms with van der Waals surface area (Å²) in [6, 6.07) is 11.6. The number of carboxylic acid groups (broad SMARTS) is 1. The molecule has 92 valence electrons. The maximum absolute atomic E-state index is 10.7. The Morgan fingerprint density at radius 1 is 1.17 bits per heavy atom. The predicted molar refractivity (Wildman–Crippen MR) is 69.1 cm³/mol. The molecule has 2 aromatic rings. The van der Waals surface area contributed by atoms with Gasteiger partial charge in [-0.15, -0.1) is 0 Å². The third-order valence-corrected chi connectivity index (χ3v) is 2.54. The molecule has 0 amide bonds. The van der Waals surface area contributed by atoms with Crippen LogP contribution in [0.5, 0.6) is 11.5 Å². The Kier molecular flexibility index (Phi) is 3.19. The highest BCUT2D eigenvalue weighted by Crippen LogP contribution is 2.27. The Morgan fingerprint density at radius 3 is 2.44 bits per heavy atom. The summed E-state index contributed by atoms with van der Waals surface area (Å²) in [7, 11) is 0. The summed E-state index contributed by atoms with van der Waals surface area (Å²) >= 11 is 0. The van der Waals surface area contributed by atoms with Crippen LogP contribution >= 0.6 is 0 Å². The van der Waals surface area contributed by atoms with Crippen molar-refractivity contribution in [2.24, 2.45) is 0 Å². The van der Waals surface area contributed by atoms with Crippen molar-refractivity contribution in [1.29, 1.82) is 0 Å². The lowest BCUT2D eigenvalue weighted by Gasteiger charge is -2.09. The average Bonchev–Trinajstić information content (AvgIpc) is 2.34. The van der Waals surface area contributed by atoms with Crippen LogP contribution in [0.25, 0.3) is 0 Å². The summed E-state index contributed by atoms with van der Waals surface area (Å²) in [4.78, 5) is 10.7. The van der Waals surface area contributed by atoms with Crippen molar-refractivity contribution in [3.05, 3.63) is 53.6 Å². The first-order valence-corrected chi connectivity index (χ1v) is 5.43. The van der Waals surface area contributed by atoms with E-state index < -0.39 is 5.97 Å². The van der Waals surface area contributed by atoms with Gasteiger partial charge in [0.25, 0.3) is 0 Å². The summed E-state index contributed by atoms with van der Waals surface area (Å²) in [5.41, 5.74) is 7.50. The zero-order valence-corrected chi connectivity index (χ0v) is 9.88. The summed E-state index contributed by atoms with van der Waals surface area (Å²) in [6.45, 7) is 1.92. The Morgan fingerprint density at radius 2 is 1.83 bits per heavy atom. The molecule has 2 rings (SSSR count). The molecule has 0 saturated heterocycles. The minimum atomic E-state index is -0.957. The van der Waals surface area contributed by atoms with Gasteiger partial charge in [0.05, 0.1) is 5.56 Å². The smallest absolute Gasteiger partial charge is 0.335 e. The molecule has 0 aliphatic heterocycles. The molecule has 0 bridgehead atoms. The van der Waals surface area contributed by atoms with Gasteiger partial charge in [-0.3, -0.25) is 0 Å². The molecule has 0 spiro atoms. The molecule has 0 atom stereocenters. The number of hydrogen-bond donors (Lipinski definition) is 2. The molecule has 0 unspecified atom stereocenters. The van der Waals surface area contributed by atoms with Crippen LogP contribution in [0.3, 0.4) is 0 Å². The summed E-state index contributed by atoms with van der Waals surface area (Å²) < 4.78 is 5.65. The molecule has 4 nitrogen and oxygen atoms in total. The molecule has 0 heterocycles. The monoisotopic (exact) mass is 243 g/mol. The summed E-state index contributed by atoms with van der Waals surface area (Å²) in [5, 5.41) is 8.79. The van der Waals surface area contributed by atoms with E-state index >= 15 is 0 Å². The lowest BCUT2D eigenvalue weighted by molar-refractivity contribution is 0.0697. The number of carboxylic acids is 1. The molecule has 0 aliphatic carbocycles. The van der Waals surface area contributed by atoms with Gasteiger partial charge in [-0.05, 0) is 42.8 Å². The van der Waals surface area contributed by atoms with E-state index in [1.807, 2.05) is 13.0 Å². The van der Waals surface area contributed by atoms with Gasteiger partial charge in [0.15, 0.2) is 0 Å². The third kappa shape index (κ3) is 2.60. The molecule has 0 fully saturated rings. The van der Waals surface area contributed by atoms with Crippen molar-refractivity contribution >= 4 is 11.7 Å². The largest absolute Gasteiger partial charge is 0.478 e. The number of ether oxygens (including phenoxy) is 1. The van der Waals surface area contributed by atoms with E-state index in [2.05, 4.69) is 0 Å². The molecule has 0 aliphatic rings. The molecular weight excluding hydrogens is 230 g/mol. The van der Waals surface area contributed by atoms with E-state index in [4.69, 9.17) is 15.6 Å². The number of benzene rings is 2. The Labute approximate surface area is 105 Å². The first kappa shape index (κ1) is 12.0. The maximum atomic E-state index is 10.7. The van der Waals surface area contributed by atoms with Gasteiger partial charge in [-0.25, -0.2) is 4.79 Å². The molecule has 2 aromatic carbocycles. The highest BCUT2D eigenvalue weighted by molar-refractivity contribution is 5.87.